The van der Waals surface area contributed by atoms with Crippen molar-refractivity contribution in [3.05, 3.63) is 79.6 Å². The summed E-state index contributed by atoms with van der Waals surface area (Å²) >= 11 is 2.40. The number of thiophene rings is 1. The Balaban J connectivity index is 1.48. The molecule has 1 saturated heterocycles. The molecule has 3 heterocycles. The molecular weight excluding hydrogens is 487 g/mol. The third-order valence-electron chi connectivity index (χ3n) is 6.45. The Morgan fingerprint density at radius 2 is 1.86 bits per heavy atom. The molecule has 0 spiro atoms. The number of carbonyl (C=O) groups excluding carboxylic acids is 2. The molecule has 1 N–H and O–H groups in total. The average Bonchev–Trinajstić information content (AvgIpc) is 3.42. The highest BCUT2D eigenvalue weighted by Gasteiger charge is 2.35. The van der Waals surface area contributed by atoms with Crippen LogP contribution < -0.4 is 0 Å². The summed E-state index contributed by atoms with van der Waals surface area (Å²) in [5.74, 6) is -1.70. The zero-order chi connectivity index (χ0) is 24.9. The number of rotatable bonds is 5. The van der Waals surface area contributed by atoms with E-state index in [1.807, 2.05) is 24.5 Å². The SMILES string of the molecule is Cc1cc(/C=C2\SC(=O)N(Cc3ccc(F)cc3)C2=O)c(C)n1-c1sc2c(c1C(=O)O)CCCC2. The lowest BCUT2D eigenvalue weighted by Crippen LogP contribution is -2.27. The molecule has 0 radical (unpaired) electrons. The second kappa shape index (κ2) is 9.13. The summed E-state index contributed by atoms with van der Waals surface area (Å²) < 4.78 is 15.1. The summed E-state index contributed by atoms with van der Waals surface area (Å²) in [6.07, 6.45) is 5.43. The first kappa shape index (κ1) is 23.6. The van der Waals surface area contributed by atoms with Crippen LogP contribution in [0.5, 0.6) is 0 Å². The summed E-state index contributed by atoms with van der Waals surface area (Å²) in [5, 5.41) is 10.3. The van der Waals surface area contributed by atoms with Crippen molar-refractivity contribution >= 4 is 46.3 Å². The minimum atomic E-state index is -0.921. The van der Waals surface area contributed by atoms with Gasteiger partial charge in [-0.15, -0.1) is 11.3 Å². The number of hydrogen-bond acceptors (Lipinski definition) is 5. The lowest BCUT2D eigenvalue weighted by Gasteiger charge is -2.12. The molecule has 0 saturated carbocycles. The maximum atomic E-state index is 13.2. The summed E-state index contributed by atoms with van der Waals surface area (Å²) in [5.41, 5.74) is 4.42. The van der Waals surface area contributed by atoms with Crippen molar-refractivity contribution < 1.29 is 23.9 Å². The number of fused-ring (bicyclic) bond motifs is 1. The van der Waals surface area contributed by atoms with Crippen molar-refractivity contribution in [2.75, 3.05) is 0 Å². The van der Waals surface area contributed by atoms with Crippen molar-refractivity contribution in [2.45, 2.75) is 46.1 Å². The van der Waals surface area contributed by atoms with E-state index >= 15 is 0 Å². The summed E-state index contributed by atoms with van der Waals surface area (Å²) in [6, 6.07) is 7.61. The quantitative estimate of drug-likeness (QED) is 0.419. The Morgan fingerprint density at radius 1 is 1.14 bits per heavy atom. The minimum Gasteiger partial charge on any atom is -0.478 e. The van der Waals surface area contributed by atoms with Gasteiger partial charge in [-0.3, -0.25) is 14.5 Å². The Morgan fingerprint density at radius 3 is 2.57 bits per heavy atom. The lowest BCUT2D eigenvalue weighted by molar-refractivity contribution is -0.123. The Labute approximate surface area is 210 Å². The number of halogens is 1. The second-order valence-electron chi connectivity index (χ2n) is 8.75. The van der Waals surface area contributed by atoms with Gasteiger partial charge in [0.25, 0.3) is 11.1 Å². The first-order valence-electron chi connectivity index (χ1n) is 11.3. The molecule has 2 aliphatic rings. The number of aromatic nitrogens is 1. The number of amides is 2. The van der Waals surface area contributed by atoms with Gasteiger partial charge in [0.05, 0.1) is 17.0 Å². The minimum absolute atomic E-state index is 0.0734. The highest BCUT2D eigenvalue weighted by atomic mass is 32.2. The number of imide groups is 1. The van der Waals surface area contributed by atoms with Gasteiger partial charge in [0.1, 0.15) is 10.8 Å². The van der Waals surface area contributed by atoms with E-state index in [1.165, 1.54) is 23.5 Å². The van der Waals surface area contributed by atoms with Gasteiger partial charge < -0.3 is 9.67 Å². The monoisotopic (exact) mass is 510 g/mol. The maximum absolute atomic E-state index is 13.2. The summed E-state index contributed by atoms with van der Waals surface area (Å²) in [7, 11) is 0. The molecule has 2 aromatic heterocycles. The lowest BCUT2D eigenvalue weighted by atomic mass is 9.95. The first-order valence-corrected chi connectivity index (χ1v) is 12.9. The number of aryl methyl sites for hydroxylation is 2. The number of aromatic carboxylic acids is 1. The van der Waals surface area contributed by atoms with E-state index in [0.717, 1.165) is 69.7 Å². The number of carbonyl (C=O) groups is 3. The maximum Gasteiger partial charge on any atom is 0.339 e. The molecule has 0 unspecified atom stereocenters. The highest BCUT2D eigenvalue weighted by molar-refractivity contribution is 8.18. The van der Waals surface area contributed by atoms with E-state index in [4.69, 9.17) is 0 Å². The number of hydrogen-bond donors (Lipinski definition) is 1. The molecule has 35 heavy (non-hydrogen) atoms. The molecule has 6 nitrogen and oxygen atoms in total. The van der Waals surface area contributed by atoms with Crippen LogP contribution in [0.15, 0.2) is 35.2 Å². The molecule has 180 valence electrons. The Kier molecular flexibility index (Phi) is 6.14. The van der Waals surface area contributed by atoms with Crippen molar-refractivity contribution in [2.24, 2.45) is 0 Å². The van der Waals surface area contributed by atoms with Gasteiger partial charge in [0, 0.05) is 16.3 Å². The van der Waals surface area contributed by atoms with Crippen LogP contribution in [0.4, 0.5) is 9.18 Å². The van der Waals surface area contributed by atoms with E-state index < -0.39 is 11.9 Å². The van der Waals surface area contributed by atoms with Gasteiger partial charge in [-0.05, 0) is 92.3 Å². The normalized spacial score (nSPS) is 16.9. The fourth-order valence-corrected chi connectivity index (χ4v) is 7.05. The van der Waals surface area contributed by atoms with Crippen LogP contribution in [0.25, 0.3) is 11.1 Å². The molecular formula is C26H23FN2O4S2. The fourth-order valence-electron chi connectivity index (χ4n) is 4.73. The van der Waals surface area contributed by atoms with E-state index in [0.29, 0.717) is 21.0 Å². The predicted molar refractivity (Wildman–Crippen MR) is 135 cm³/mol. The van der Waals surface area contributed by atoms with Gasteiger partial charge in [-0.2, -0.15) is 0 Å². The highest BCUT2D eigenvalue weighted by Crippen LogP contribution is 2.40. The molecule has 1 aliphatic heterocycles. The fraction of sp³-hybridized carbons (Fsp3) is 0.269. The Hall–Kier alpha value is -3.17. The smallest absolute Gasteiger partial charge is 0.339 e. The third-order valence-corrected chi connectivity index (χ3v) is 8.64. The molecule has 1 aromatic carbocycles. The van der Waals surface area contributed by atoms with Crippen LogP contribution >= 0.6 is 23.1 Å². The third kappa shape index (κ3) is 4.23. The molecule has 0 bridgehead atoms. The summed E-state index contributed by atoms with van der Waals surface area (Å²) in [4.78, 5) is 40.3. The zero-order valence-electron chi connectivity index (χ0n) is 19.3. The van der Waals surface area contributed by atoms with Crippen LogP contribution in [0, 0.1) is 19.7 Å². The van der Waals surface area contributed by atoms with E-state index in [2.05, 4.69) is 0 Å². The van der Waals surface area contributed by atoms with Crippen LogP contribution in [-0.4, -0.2) is 31.7 Å². The average molecular weight is 511 g/mol. The molecule has 2 amide bonds. The van der Waals surface area contributed by atoms with E-state index in [1.54, 1.807) is 18.2 Å². The number of thioether (sulfide) groups is 1. The molecule has 0 atom stereocenters. The molecule has 1 fully saturated rings. The Bertz CT molecular complexity index is 1400. The second-order valence-corrected chi connectivity index (χ2v) is 10.8. The largest absolute Gasteiger partial charge is 0.478 e. The molecule has 5 rings (SSSR count). The van der Waals surface area contributed by atoms with Crippen LogP contribution in [-0.2, 0) is 24.2 Å². The molecule has 1 aliphatic carbocycles. The van der Waals surface area contributed by atoms with Crippen LogP contribution in [0.1, 0.15) is 56.2 Å². The van der Waals surface area contributed by atoms with Gasteiger partial charge >= 0.3 is 5.97 Å². The number of carboxylic acid groups (broad SMARTS) is 1. The summed E-state index contributed by atoms with van der Waals surface area (Å²) in [6.45, 7) is 3.88. The van der Waals surface area contributed by atoms with Gasteiger partial charge in [0.2, 0.25) is 0 Å². The number of benzene rings is 1. The molecule has 3 aromatic rings. The van der Waals surface area contributed by atoms with E-state index in [9.17, 15) is 23.9 Å². The standard InChI is InChI=1S/C26H23FN2O4S2/c1-14-11-17(12-21-23(30)28(26(33)35-21)13-16-7-9-18(27)10-8-16)15(2)29(14)24-22(25(31)32)19-5-3-4-6-20(19)34-24/h7-12H,3-6,13H2,1-2H3,(H,31,32)/b21-12-. The molecule has 9 heteroatoms. The zero-order valence-corrected chi connectivity index (χ0v) is 20.9. The predicted octanol–water partition coefficient (Wildman–Crippen LogP) is 6.11. The van der Waals surface area contributed by atoms with Crippen molar-refractivity contribution in [1.82, 2.24) is 9.47 Å². The topological polar surface area (TPSA) is 79.6 Å². The van der Waals surface area contributed by atoms with E-state index in [-0.39, 0.29) is 17.6 Å². The van der Waals surface area contributed by atoms with Crippen molar-refractivity contribution in [3.8, 4) is 5.00 Å². The van der Waals surface area contributed by atoms with Crippen LogP contribution in [0.3, 0.4) is 0 Å². The number of carboxylic acids is 1. The van der Waals surface area contributed by atoms with Gasteiger partial charge in [0.15, 0.2) is 0 Å². The van der Waals surface area contributed by atoms with Crippen molar-refractivity contribution in [3.63, 3.8) is 0 Å². The van der Waals surface area contributed by atoms with Crippen molar-refractivity contribution in [1.29, 1.82) is 0 Å². The van der Waals surface area contributed by atoms with Gasteiger partial charge in [-0.1, -0.05) is 12.1 Å². The number of nitrogens with zero attached hydrogens (tertiary/aromatic N) is 2. The van der Waals surface area contributed by atoms with Crippen LogP contribution in [0.2, 0.25) is 0 Å². The van der Waals surface area contributed by atoms with Gasteiger partial charge in [-0.25, -0.2) is 9.18 Å². The first-order chi connectivity index (χ1) is 16.7.